The van der Waals surface area contributed by atoms with Gasteiger partial charge in [0.05, 0.1) is 12.8 Å². The van der Waals surface area contributed by atoms with E-state index in [1.54, 1.807) is 11.2 Å². The Kier molecular flexibility index (Phi) is 6.10. The van der Waals surface area contributed by atoms with Crippen LogP contribution in [0.3, 0.4) is 0 Å². The number of hydrogen-bond acceptors (Lipinski definition) is 4. The molecule has 0 aliphatic heterocycles. The molecule has 0 bridgehead atoms. The normalized spacial score (nSPS) is 12.5. The fraction of sp³-hybridized carbons (Fsp3) is 0.667. The summed E-state index contributed by atoms with van der Waals surface area (Å²) in [5.41, 5.74) is 7.52. The second kappa shape index (κ2) is 7.00. The Labute approximate surface area is 132 Å². The van der Waals surface area contributed by atoms with Crippen molar-refractivity contribution in [2.24, 2.45) is 0 Å². The third-order valence-corrected chi connectivity index (χ3v) is 16.2. The molecule has 2 N–H and O–H groups in total. The van der Waals surface area contributed by atoms with Gasteiger partial charge in [-0.15, -0.1) is 11.2 Å². The highest BCUT2D eigenvalue weighted by atomic mass is 32.4. The molecule has 0 aliphatic rings. The smallest absolute Gasteiger partial charge is 0.238 e. The first-order valence-electron chi connectivity index (χ1n) is 7.35. The molecule has 1 heterocycles. The standard InChI is InChI=1S/C15H27FN2OSSi/c1-9(2)21(10(3)4,11(5)6)20-15-12(16)8-13(17)14(18-15)19-7/h8-11H,17H2,1-7H3. The zero-order chi connectivity index (χ0) is 16.4. The molecule has 3 nitrogen and oxygen atoms in total. The zero-order valence-corrected chi connectivity index (χ0v) is 15.8. The van der Waals surface area contributed by atoms with Crippen molar-refractivity contribution < 1.29 is 9.13 Å². The molecular formula is C15H27FN2OSSi. The summed E-state index contributed by atoms with van der Waals surface area (Å²) in [6.45, 7) is 13.5. The second-order valence-electron chi connectivity index (χ2n) is 6.29. The molecule has 6 heteroatoms. The molecule has 21 heavy (non-hydrogen) atoms. The number of halogens is 1. The number of nitrogens with zero attached hydrogens (tertiary/aromatic N) is 1. The van der Waals surface area contributed by atoms with Crippen LogP contribution in [0.4, 0.5) is 10.1 Å². The topological polar surface area (TPSA) is 48.1 Å². The van der Waals surface area contributed by atoms with Crippen LogP contribution >= 0.6 is 11.2 Å². The van der Waals surface area contributed by atoms with Crippen molar-refractivity contribution in [2.75, 3.05) is 12.8 Å². The van der Waals surface area contributed by atoms with Gasteiger partial charge in [-0.25, -0.2) is 9.37 Å². The van der Waals surface area contributed by atoms with E-state index in [1.165, 1.54) is 13.2 Å². The molecule has 0 atom stereocenters. The van der Waals surface area contributed by atoms with Crippen LogP contribution in [0.15, 0.2) is 11.1 Å². The predicted molar refractivity (Wildman–Crippen MR) is 92.1 cm³/mol. The average molecular weight is 331 g/mol. The van der Waals surface area contributed by atoms with Crippen LogP contribution in [-0.2, 0) is 0 Å². The SMILES string of the molecule is COc1nc(S[Si](C(C)C)(C(C)C)C(C)C)c(F)cc1N. The summed E-state index contributed by atoms with van der Waals surface area (Å²) in [5.74, 6) is -0.0461. The number of aromatic nitrogens is 1. The van der Waals surface area contributed by atoms with Crippen LogP contribution in [-0.4, -0.2) is 19.3 Å². The lowest BCUT2D eigenvalue weighted by atomic mass is 10.4. The fourth-order valence-electron chi connectivity index (χ4n) is 3.23. The van der Waals surface area contributed by atoms with Crippen molar-refractivity contribution in [3.8, 4) is 5.88 Å². The minimum atomic E-state index is -1.84. The van der Waals surface area contributed by atoms with E-state index in [4.69, 9.17) is 10.5 Å². The van der Waals surface area contributed by atoms with Crippen molar-refractivity contribution in [3.63, 3.8) is 0 Å². The Balaban J connectivity index is 3.33. The molecular weight excluding hydrogens is 303 g/mol. The van der Waals surface area contributed by atoms with Gasteiger partial charge in [-0.2, -0.15) is 0 Å². The summed E-state index contributed by atoms with van der Waals surface area (Å²) >= 11 is 1.64. The Morgan fingerprint density at radius 1 is 1.14 bits per heavy atom. The molecule has 1 aromatic rings. The Morgan fingerprint density at radius 2 is 1.62 bits per heavy atom. The van der Waals surface area contributed by atoms with E-state index in [9.17, 15) is 4.39 Å². The van der Waals surface area contributed by atoms with Crippen molar-refractivity contribution in [2.45, 2.75) is 63.2 Å². The molecule has 0 unspecified atom stereocenters. The lowest BCUT2D eigenvalue weighted by Gasteiger charge is -2.41. The van der Waals surface area contributed by atoms with Gasteiger partial charge < -0.3 is 10.5 Å². The molecule has 0 aliphatic carbocycles. The highest BCUT2D eigenvalue weighted by Crippen LogP contribution is 2.52. The van der Waals surface area contributed by atoms with Crippen molar-refractivity contribution in [1.29, 1.82) is 0 Å². The Hall–Kier alpha value is -0.753. The summed E-state index contributed by atoms with van der Waals surface area (Å²) < 4.78 is 19.4. The van der Waals surface area contributed by atoms with E-state index < -0.39 is 7.22 Å². The van der Waals surface area contributed by atoms with Crippen molar-refractivity contribution in [1.82, 2.24) is 4.98 Å². The first-order chi connectivity index (χ1) is 9.66. The van der Waals surface area contributed by atoms with Crippen molar-refractivity contribution in [3.05, 3.63) is 11.9 Å². The number of pyridine rings is 1. The summed E-state index contributed by atoms with van der Waals surface area (Å²) in [5, 5.41) is 0.420. The maximum Gasteiger partial charge on any atom is 0.238 e. The van der Waals surface area contributed by atoms with Gasteiger partial charge >= 0.3 is 0 Å². The fourth-order valence-corrected chi connectivity index (χ4v) is 12.1. The molecule has 0 spiro atoms. The number of nitrogen functional groups attached to an aromatic ring is 1. The molecule has 120 valence electrons. The van der Waals surface area contributed by atoms with Gasteiger partial charge in [0.15, 0.2) is 5.82 Å². The van der Waals surface area contributed by atoms with Gasteiger partial charge in [0, 0.05) is 6.07 Å². The number of nitrogens with two attached hydrogens (primary N) is 1. The summed E-state index contributed by atoms with van der Waals surface area (Å²) in [4.78, 5) is 4.30. The third-order valence-electron chi connectivity index (χ3n) is 4.11. The summed E-state index contributed by atoms with van der Waals surface area (Å²) in [7, 11) is -0.332. The third kappa shape index (κ3) is 3.53. The van der Waals surface area contributed by atoms with E-state index in [1.807, 2.05) is 0 Å². The van der Waals surface area contributed by atoms with E-state index in [0.29, 0.717) is 27.5 Å². The lowest BCUT2D eigenvalue weighted by molar-refractivity contribution is 0.393. The lowest BCUT2D eigenvalue weighted by Crippen LogP contribution is -2.41. The summed E-state index contributed by atoms with van der Waals surface area (Å²) in [6.07, 6.45) is 0. The number of rotatable bonds is 6. The minimum Gasteiger partial charge on any atom is -0.479 e. The van der Waals surface area contributed by atoms with E-state index in [-0.39, 0.29) is 11.5 Å². The van der Waals surface area contributed by atoms with Gasteiger partial charge in [0.1, 0.15) is 12.2 Å². The maximum absolute atomic E-state index is 14.3. The molecule has 1 aromatic heterocycles. The highest BCUT2D eigenvalue weighted by molar-refractivity contribution is 8.29. The van der Waals surface area contributed by atoms with Gasteiger partial charge in [0.25, 0.3) is 0 Å². The van der Waals surface area contributed by atoms with Crippen LogP contribution in [0, 0.1) is 5.82 Å². The number of anilines is 1. The maximum atomic E-state index is 14.3. The van der Waals surface area contributed by atoms with Gasteiger partial charge in [0.2, 0.25) is 5.88 Å². The van der Waals surface area contributed by atoms with Crippen molar-refractivity contribution >= 4 is 24.1 Å². The quantitative estimate of drug-likeness (QED) is 0.739. The highest BCUT2D eigenvalue weighted by Gasteiger charge is 2.45. The molecule has 1 rings (SSSR count). The second-order valence-corrected chi connectivity index (χ2v) is 14.8. The molecule has 0 saturated carbocycles. The van der Waals surface area contributed by atoms with Crippen LogP contribution in [0.2, 0.25) is 16.6 Å². The number of methoxy groups -OCH3 is 1. The van der Waals surface area contributed by atoms with Gasteiger partial charge in [-0.05, 0) is 16.6 Å². The number of ether oxygens (including phenoxy) is 1. The molecule has 0 fully saturated rings. The largest absolute Gasteiger partial charge is 0.479 e. The zero-order valence-electron chi connectivity index (χ0n) is 14.0. The van der Waals surface area contributed by atoms with E-state index >= 15 is 0 Å². The summed E-state index contributed by atoms with van der Waals surface area (Å²) in [6, 6.07) is 1.31. The molecule has 0 amide bonds. The van der Waals surface area contributed by atoms with Gasteiger partial charge in [-0.3, -0.25) is 0 Å². The molecule has 0 radical (unpaired) electrons. The van der Waals surface area contributed by atoms with E-state index in [2.05, 4.69) is 46.5 Å². The first kappa shape index (κ1) is 18.3. The Bertz CT molecular complexity index is 473. The number of hydrogen-bond donors (Lipinski definition) is 1. The van der Waals surface area contributed by atoms with Crippen LogP contribution in [0.25, 0.3) is 0 Å². The predicted octanol–water partition coefficient (Wildman–Crippen LogP) is 5.08. The van der Waals surface area contributed by atoms with Gasteiger partial charge in [-0.1, -0.05) is 41.5 Å². The molecule has 0 saturated heterocycles. The molecule has 0 aromatic carbocycles. The minimum absolute atomic E-state index is 0.241. The van der Waals surface area contributed by atoms with Crippen LogP contribution in [0.1, 0.15) is 41.5 Å². The Morgan fingerprint density at radius 3 is 2.00 bits per heavy atom. The van der Waals surface area contributed by atoms with Crippen LogP contribution in [0.5, 0.6) is 5.88 Å². The average Bonchev–Trinajstić information content (AvgIpc) is 2.36. The monoisotopic (exact) mass is 330 g/mol. The first-order valence-corrected chi connectivity index (χ1v) is 11.1. The van der Waals surface area contributed by atoms with Crippen LogP contribution < -0.4 is 10.5 Å². The van der Waals surface area contributed by atoms with E-state index in [0.717, 1.165) is 0 Å².